The summed E-state index contributed by atoms with van der Waals surface area (Å²) in [5.74, 6) is 0.361. The number of aliphatic imine (C=N–C) groups is 1. The third-order valence-electron chi connectivity index (χ3n) is 11.4. The van der Waals surface area contributed by atoms with Crippen LogP contribution >= 0.6 is 0 Å². The molecule has 0 radical (unpaired) electrons. The van der Waals surface area contributed by atoms with Gasteiger partial charge >= 0.3 is 5.97 Å². The van der Waals surface area contributed by atoms with Gasteiger partial charge in [-0.25, -0.2) is 21.6 Å². The zero-order chi connectivity index (χ0) is 36.5. The lowest BCUT2D eigenvalue weighted by atomic mass is 9.80. The molecule has 4 aliphatic rings. The topological polar surface area (TPSA) is 181 Å². The van der Waals surface area contributed by atoms with E-state index in [4.69, 9.17) is 4.99 Å². The predicted molar refractivity (Wildman–Crippen MR) is 197 cm³/mol. The molecule has 4 atom stereocenters. The second-order valence-electron chi connectivity index (χ2n) is 15.9. The number of unbranched alkanes of at least 4 members (excludes halogenated alkanes) is 1. The molecule has 3 fully saturated rings. The highest BCUT2D eigenvalue weighted by atomic mass is 32.2. The molecule has 284 valence electrons. The summed E-state index contributed by atoms with van der Waals surface area (Å²) in [7, 11) is -7.51. The number of carboxylic acid groups (broad SMARTS) is 1. The van der Waals surface area contributed by atoms with Crippen LogP contribution in [0.15, 0.2) is 16.8 Å². The Hall–Kier alpha value is -2.21. The summed E-state index contributed by atoms with van der Waals surface area (Å²) in [6.45, 7) is 8.45. The monoisotopic (exact) mass is 738 g/mol. The second kappa shape index (κ2) is 18.5. The summed E-state index contributed by atoms with van der Waals surface area (Å²) < 4.78 is 59.2. The molecule has 3 aliphatic carbocycles. The number of nitriles is 1. The Balaban J connectivity index is 1.47. The van der Waals surface area contributed by atoms with Crippen molar-refractivity contribution >= 4 is 31.9 Å². The van der Waals surface area contributed by atoms with Gasteiger partial charge in [-0.2, -0.15) is 9.57 Å². The van der Waals surface area contributed by atoms with Crippen LogP contribution in [0, 0.1) is 35.1 Å². The number of amidine groups is 1. The van der Waals surface area contributed by atoms with Gasteiger partial charge in [0.25, 0.3) is 0 Å². The molecule has 2 unspecified atom stereocenters. The maximum absolute atomic E-state index is 13.8. The molecule has 1 aliphatic heterocycles. The summed E-state index contributed by atoms with van der Waals surface area (Å²) >= 11 is 0. The van der Waals surface area contributed by atoms with Crippen molar-refractivity contribution in [3.8, 4) is 6.19 Å². The second-order valence-corrected chi connectivity index (χ2v) is 20.1. The van der Waals surface area contributed by atoms with Gasteiger partial charge in [-0.3, -0.25) is 15.1 Å². The van der Waals surface area contributed by atoms with Gasteiger partial charge in [0, 0.05) is 25.0 Å². The van der Waals surface area contributed by atoms with E-state index in [0.29, 0.717) is 68.7 Å². The van der Waals surface area contributed by atoms with Crippen LogP contribution in [0.1, 0.15) is 130 Å². The number of aliphatic carboxylic acids is 1. The van der Waals surface area contributed by atoms with Crippen molar-refractivity contribution < 1.29 is 26.7 Å². The first kappa shape index (κ1) is 40.6. The zero-order valence-electron chi connectivity index (χ0n) is 30.6. The van der Waals surface area contributed by atoms with Crippen LogP contribution in [0.25, 0.3) is 0 Å². The van der Waals surface area contributed by atoms with E-state index in [1.165, 1.54) is 4.31 Å². The van der Waals surface area contributed by atoms with Crippen LogP contribution < -0.4 is 15.4 Å². The highest BCUT2D eigenvalue weighted by Gasteiger charge is 2.41. The van der Waals surface area contributed by atoms with Crippen molar-refractivity contribution in [2.75, 3.05) is 13.1 Å². The first-order valence-electron chi connectivity index (χ1n) is 19.1. The average Bonchev–Trinajstić information content (AvgIpc) is 3.47. The minimum absolute atomic E-state index is 0.0369. The third-order valence-corrected chi connectivity index (χ3v) is 15.8. The molecule has 4 rings (SSSR count). The fraction of sp³-hybridized carbons (Fsp3) is 0.861. The molecular formula is C36H62N6O6S2. The molecule has 4 N–H and O–H groups in total. The number of nitrogens with zero attached hydrogens (tertiary/aromatic N) is 3. The van der Waals surface area contributed by atoms with Crippen molar-refractivity contribution in [1.82, 2.24) is 19.7 Å². The van der Waals surface area contributed by atoms with E-state index in [1.807, 2.05) is 26.2 Å². The molecule has 14 heteroatoms. The number of carboxylic acids is 1. The van der Waals surface area contributed by atoms with E-state index in [9.17, 15) is 32.0 Å². The Bertz CT molecular complexity index is 1440. The first-order chi connectivity index (χ1) is 23.7. The standard InChI is InChI=1S/C36H62N6O6S2/c1-25(2)23-42(50(47,48)30-18-14-27(4)15-19-30)34(36(43)44)11-7-8-20-38-35(40-24-37)33(21-28-22-39-32-10-6-5-9-31(28)32)41-49(45,46)29-16-12-26(3)13-17-29/h22,25-27,29-34,39,41H,5-21,23H2,1-4H3,(H,38,40)(H,43,44)/t26?,27?,29?,30?,31?,32?,33-,34-/m0/s1. The summed E-state index contributed by atoms with van der Waals surface area (Å²) in [5, 5.41) is 25.1. The van der Waals surface area contributed by atoms with E-state index >= 15 is 0 Å². The van der Waals surface area contributed by atoms with Crippen molar-refractivity contribution in [3.63, 3.8) is 0 Å². The normalized spacial score (nSPS) is 29.1. The molecule has 0 aromatic heterocycles. The van der Waals surface area contributed by atoms with E-state index < -0.39 is 48.6 Å². The van der Waals surface area contributed by atoms with Gasteiger partial charge in [-0.1, -0.05) is 40.5 Å². The maximum atomic E-state index is 13.8. The number of hydrogen-bond donors (Lipinski definition) is 4. The van der Waals surface area contributed by atoms with Gasteiger partial charge in [0.05, 0.1) is 16.5 Å². The van der Waals surface area contributed by atoms with E-state index in [1.54, 1.807) is 0 Å². The Morgan fingerprint density at radius 3 is 2.20 bits per heavy atom. The number of hydrogen-bond acceptors (Lipinski definition) is 8. The molecule has 3 saturated carbocycles. The molecule has 0 aromatic carbocycles. The van der Waals surface area contributed by atoms with Crippen LogP contribution in [-0.4, -0.2) is 79.8 Å². The van der Waals surface area contributed by atoms with Gasteiger partial charge < -0.3 is 10.4 Å². The Morgan fingerprint density at radius 1 is 0.980 bits per heavy atom. The van der Waals surface area contributed by atoms with Crippen molar-refractivity contribution in [2.45, 2.75) is 159 Å². The molecular weight excluding hydrogens is 677 g/mol. The largest absolute Gasteiger partial charge is 0.480 e. The Labute approximate surface area is 301 Å². The van der Waals surface area contributed by atoms with Crippen molar-refractivity contribution in [1.29, 1.82) is 5.26 Å². The van der Waals surface area contributed by atoms with E-state index in [-0.39, 0.29) is 31.3 Å². The molecule has 0 bridgehead atoms. The summed E-state index contributed by atoms with van der Waals surface area (Å²) in [4.78, 5) is 17.2. The number of fused-ring (bicyclic) bond motifs is 1. The smallest absolute Gasteiger partial charge is 0.322 e. The fourth-order valence-corrected chi connectivity index (χ4v) is 12.4. The summed E-state index contributed by atoms with van der Waals surface area (Å²) in [6, 6.07) is -1.57. The van der Waals surface area contributed by atoms with Crippen LogP contribution in [0.2, 0.25) is 0 Å². The highest BCUT2D eigenvalue weighted by molar-refractivity contribution is 7.90. The summed E-state index contributed by atoms with van der Waals surface area (Å²) in [6.07, 6.45) is 15.4. The quantitative estimate of drug-likeness (QED) is 0.0510. The fourth-order valence-electron chi connectivity index (χ4n) is 8.39. The van der Waals surface area contributed by atoms with Crippen LogP contribution in [0.5, 0.6) is 0 Å². The lowest BCUT2D eigenvalue weighted by Gasteiger charge is -2.35. The molecule has 1 heterocycles. The third kappa shape index (κ3) is 10.9. The molecule has 0 saturated heterocycles. The minimum Gasteiger partial charge on any atom is -0.480 e. The number of nitrogens with one attached hydrogen (secondary N) is 3. The van der Waals surface area contributed by atoms with E-state index in [0.717, 1.165) is 56.9 Å². The molecule has 50 heavy (non-hydrogen) atoms. The highest BCUT2D eigenvalue weighted by Crippen LogP contribution is 2.37. The molecule has 0 amide bonds. The minimum atomic E-state index is -3.81. The lowest BCUT2D eigenvalue weighted by Crippen LogP contribution is -2.50. The Morgan fingerprint density at radius 2 is 1.60 bits per heavy atom. The molecule has 12 nitrogen and oxygen atoms in total. The van der Waals surface area contributed by atoms with Gasteiger partial charge in [-0.15, -0.1) is 0 Å². The van der Waals surface area contributed by atoms with Crippen LogP contribution in [-0.2, 0) is 24.8 Å². The number of carbonyl (C=O) groups is 1. The number of rotatable bonds is 17. The SMILES string of the molecule is CC(C)CN([C@@H](CCCCN=C(NC#N)[C@H](CC1=CNC2CCCCC12)NS(=O)(=O)C1CCC(C)CC1)C(=O)O)S(=O)(=O)C1CCC(C)CC1. The number of sulfonamides is 2. The van der Waals surface area contributed by atoms with Crippen LogP contribution in [0.3, 0.4) is 0 Å². The van der Waals surface area contributed by atoms with Crippen LogP contribution in [0.4, 0.5) is 0 Å². The molecule has 0 spiro atoms. The van der Waals surface area contributed by atoms with E-state index in [2.05, 4.69) is 29.2 Å². The lowest BCUT2D eigenvalue weighted by molar-refractivity contribution is -0.141. The first-order valence-corrected chi connectivity index (χ1v) is 22.2. The van der Waals surface area contributed by atoms with Gasteiger partial charge in [0.2, 0.25) is 20.0 Å². The maximum Gasteiger partial charge on any atom is 0.322 e. The average molecular weight is 739 g/mol. The zero-order valence-corrected chi connectivity index (χ0v) is 32.3. The van der Waals surface area contributed by atoms with Crippen molar-refractivity contribution in [2.24, 2.45) is 28.7 Å². The van der Waals surface area contributed by atoms with Gasteiger partial charge in [0.15, 0.2) is 6.19 Å². The summed E-state index contributed by atoms with van der Waals surface area (Å²) in [5.41, 5.74) is 1.13. The van der Waals surface area contributed by atoms with Gasteiger partial charge in [-0.05, 0) is 119 Å². The van der Waals surface area contributed by atoms with Gasteiger partial charge in [0.1, 0.15) is 11.9 Å². The Kier molecular flexibility index (Phi) is 15.0. The molecule has 0 aromatic rings. The van der Waals surface area contributed by atoms with Crippen molar-refractivity contribution in [3.05, 3.63) is 11.8 Å². The predicted octanol–water partition coefficient (Wildman–Crippen LogP) is 5.25.